The van der Waals surface area contributed by atoms with E-state index in [1.54, 1.807) is 33.5 Å². The van der Waals surface area contributed by atoms with Gasteiger partial charge in [-0.1, -0.05) is 18.9 Å². The Morgan fingerprint density at radius 2 is 1.47 bits per heavy atom. The lowest BCUT2D eigenvalue weighted by Crippen LogP contribution is -2.41. The molecule has 2 atom stereocenters. The molecular weight excluding hydrogens is 406 g/mol. The van der Waals surface area contributed by atoms with Gasteiger partial charge in [-0.05, 0) is 68.0 Å². The molecule has 2 aliphatic carbocycles. The van der Waals surface area contributed by atoms with Crippen molar-refractivity contribution < 1.29 is 23.7 Å². The first-order chi connectivity index (χ1) is 15.6. The molecule has 2 aliphatic rings. The highest BCUT2D eigenvalue weighted by atomic mass is 16.5. The molecule has 0 aromatic heterocycles. The number of ether oxygens (including phenoxy) is 4. The van der Waals surface area contributed by atoms with Gasteiger partial charge in [-0.3, -0.25) is 4.79 Å². The van der Waals surface area contributed by atoms with Crippen LogP contribution >= 0.6 is 0 Å². The number of carbonyl (C=O) groups excluding carboxylic acids is 1. The second-order valence-corrected chi connectivity index (χ2v) is 8.62. The minimum absolute atomic E-state index is 0.0625. The van der Waals surface area contributed by atoms with Crippen LogP contribution in [0.3, 0.4) is 0 Å². The van der Waals surface area contributed by atoms with Crippen LogP contribution in [0.25, 0.3) is 0 Å². The number of nitrogens with one attached hydrogen (secondary N) is 1. The minimum atomic E-state index is -0.0801. The second kappa shape index (κ2) is 10.2. The zero-order chi connectivity index (χ0) is 22.5. The van der Waals surface area contributed by atoms with E-state index < -0.39 is 0 Å². The number of benzene rings is 2. The van der Waals surface area contributed by atoms with Crippen LogP contribution in [0.5, 0.6) is 23.0 Å². The third kappa shape index (κ3) is 4.79. The van der Waals surface area contributed by atoms with Gasteiger partial charge >= 0.3 is 0 Å². The van der Waals surface area contributed by atoms with E-state index in [0.717, 1.165) is 44.1 Å². The third-order valence-electron chi connectivity index (χ3n) is 6.69. The van der Waals surface area contributed by atoms with Gasteiger partial charge in [0.15, 0.2) is 23.0 Å². The van der Waals surface area contributed by atoms with Crippen molar-refractivity contribution in [2.45, 2.75) is 63.0 Å². The number of carbonyl (C=O) groups is 1. The Kier molecular flexibility index (Phi) is 7.08. The quantitative estimate of drug-likeness (QED) is 0.620. The number of rotatable bonds is 8. The fourth-order valence-electron chi connectivity index (χ4n) is 4.62. The van der Waals surface area contributed by atoms with Crippen molar-refractivity contribution in [1.82, 2.24) is 5.32 Å². The van der Waals surface area contributed by atoms with E-state index in [1.165, 1.54) is 6.42 Å². The largest absolute Gasteiger partial charge is 0.493 e. The summed E-state index contributed by atoms with van der Waals surface area (Å²) >= 11 is 0. The highest BCUT2D eigenvalue weighted by Gasteiger charge is 2.29. The third-order valence-corrected chi connectivity index (χ3v) is 6.69. The molecule has 0 heterocycles. The first-order valence-electron chi connectivity index (χ1n) is 11.5. The Hall–Kier alpha value is -2.89. The summed E-state index contributed by atoms with van der Waals surface area (Å²) in [7, 11) is 4.91. The summed E-state index contributed by atoms with van der Waals surface area (Å²) in [5.74, 6) is 2.89. The average Bonchev–Trinajstić information content (AvgIpc) is 2.81. The maximum absolute atomic E-state index is 13.2. The van der Waals surface area contributed by atoms with Gasteiger partial charge in [0.2, 0.25) is 0 Å². The Labute approximate surface area is 190 Å². The lowest BCUT2D eigenvalue weighted by Gasteiger charge is -2.33. The van der Waals surface area contributed by atoms with Crippen LogP contribution < -0.4 is 24.3 Å². The summed E-state index contributed by atoms with van der Waals surface area (Å²) in [6.07, 6.45) is 7.73. The molecule has 2 aromatic rings. The molecule has 2 fully saturated rings. The van der Waals surface area contributed by atoms with Crippen LogP contribution in [0.2, 0.25) is 0 Å². The van der Waals surface area contributed by atoms with Crippen LogP contribution in [0.15, 0.2) is 36.4 Å². The Bertz CT molecular complexity index is 940. The van der Waals surface area contributed by atoms with Gasteiger partial charge in [-0.25, -0.2) is 0 Å². The van der Waals surface area contributed by atoms with Crippen LogP contribution in [0.1, 0.15) is 66.8 Å². The molecule has 0 aliphatic heterocycles. The minimum Gasteiger partial charge on any atom is -0.493 e. The van der Waals surface area contributed by atoms with Crippen molar-refractivity contribution >= 4 is 5.91 Å². The van der Waals surface area contributed by atoms with Crippen LogP contribution in [0.4, 0.5) is 0 Å². The van der Waals surface area contributed by atoms with Gasteiger partial charge in [0.25, 0.3) is 5.91 Å². The molecule has 0 spiro atoms. The van der Waals surface area contributed by atoms with Gasteiger partial charge < -0.3 is 24.3 Å². The molecule has 6 nitrogen and oxygen atoms in total. The number of hydrogen-bond acceptors (Lipinski definition) is 5. The molecule has 0 saturated heterocycles. The molecule has 0 unspecified atom stereocenters. The zero-order valence-electron chi connectivity index (χ0n) is 19.2. The van der Waals surface area contributed by atoms with Crippen molar-refractivity contribution in [3.8, 4) is 23.0 Å². The smallest absolute Gasteiger partial charge is 0.251 e. The molecule has 4 rings (SSSR count). The van der Waals surface area contributed by atoms with E-state index in [-0.39, 0.29) is 24.0 Å². The Balaban J connectivity index is 1.51. The fourth-order valence-corrected chi connectivity index (χ4v) is 4.62. The molecule has 0 bridgehead atoms. The standard InChI is InChI=1S/C26H33NO5/c1-29-22-13-11-17(15-24(22)31-3)20-9-4-5-10-21(20)27-26(28)18-12-14-23(30-2)25(16-18)32-19-7-6-8-19/h11-16,19-21H,4-10H2,1-3H3,(H,27,28)/t20-,21-/m1/s1. The van der Waals surface area contributed by atoms with Gasteiger partial charge in [0, 0.05) is 17.5 Å². The van der Waals surface area contributed by atoms with Gasteiger partial charge in [0.05, 0.1) is 27.4 Å². The van der Waals surface area contributed by atoms with E-state index >= 15 is 0 Å². The lowest BCUT2D eigenvalue weighted by molar-refractivity contribution is 0.0917. The fraction of sp³-hybridized carbons (Fsp3) is 0.500. The first-order valence-corrected chi connectivity index (χ1v) is 11.5. The van der Waals surface area contributed by atoms with Gasteiger partial charge in [-0.2, -0.15) is 0 Å². The summed E-state index contributed by atoms with van der Waals surface area (Å²) in [5, 5.41) is 3.29. The predicted molar refractivity (Wildman–Crippen MR) is 123 cm³/mol. The van der Waals surface area contributed by atoms with Gasteiger partial charge in [-0.15, -0.1) is 0 Å². The maximum Gasteiger partial charge on any atom is 0.251 e. The molecule has 2 aromatic carbocycles. The molecule has 172 valence electrons. The second-order valence-electron chi connectivity index (χ2n) is 8.62. The Morgan fingerprint density at radius 3 is 2.16 bits per heavy atom. The SMILES string of the molecule is COc1ccc([C@H]2CCCC[C@H]2NC(=O)c2ccc(OC)c(OC3CCC3)c2)cc1OC. The predicted octanol–water partition coefficient (Wildman–Crippen LogP) is 5.10. The molecule has 32 heavy (non-hydrogen) atoms. The summed E-state index contributed by atoms with van der Waals surface area (Å²) in [5.41, 5.74) is 1.76. The average molecular weight is 440 g/mol. The van der Waals surface area contributed by atoms with E-state index in [2.05, 4.69) is 11.4 Å². The lowest BCUT2D eigenvalue weighted by atomic mass is 9.79. The van der Waals surface area contributed by atoms with Crippen LogP contribution in [0, 0.1) is 0 Å². The molecule has 2 saturated carbocycles. The summed E-state index contributed by atoms with van der Waals surface area (Å²) in [4.78, 5) is 13.2. The summed E-state index contributed by atoms with van der Waals surface area (Å²) in [6.45, 7) is 0. The van der Waals surface area contributed by atoms with Crippen molar-refractivity contribution in [2.75, 3.05) is 21.3 Å². The maximum atomic E-state index is 13.2. The van der Waals surface area contributed by atoms with E-state index in [1.807, 2.05) is 18.2 Å². The first kappa shape index (κ1) is 22.3. The zero-order valence-corrected chi connectivity index (χ0v) is 19.2. The van der Waals surface area contributed by atoms with Crippen molar-refractivity contribution in [1.29, 1.82) is 0 Å². The van der Waals surface area contributed by atoms with Crippen molar-refractivity contribution in [3.05, 3.63) is 47.5 Å². The van der Waals surface area contributed by atoms with Crippen LogP contribution in [-0.2, 0) is 0 Å². The van der Waals surface area contributed by atoms with Crippen molar-refractivity contribution in [2.24, 2.45) is 0 Å². The molecule has 6 heteroatoms. The number of methoxy groups -OCH3 is 3. The van der Waals surface area contributed by atoms with Crippen molar-refractivity contribution in [3.63, 3.8) is 0 Å². The van der Waals surface area contributed by atoms with E-state index in [9.17, 15) is 4.79 Å². The van der Waals surface area contributed by atoms with E-state index in [0.29, 0.717) is 28.6 Å². The number of amides is 1. The normalized spacial score (nSPS) is 20.7. The monoisotopic (exact) mass is 439 g/mol. The Morgan fingerprint density at radius 1 is 0.781 bits per heavy atom. The van der Waals surface area contributed by atoms with Crippen LogP contribution in [-0.4, -0.2) is 39.4 Å². The number of hydrogen-bond donors (Lipinski definition) is 1. The molecule has 0 radical (unpaired) electrons. The molecule has 1 N–H and O–H groups in total. The van der Waals surface area contributed by atoms with Gasteiger partial charge in [0.1, 0.15) is 0 Å². The summed E-state index contributed by atoms with van der Waals surface area (Å²) < 4.78 is 22.4. The topological polar surface area (TPSA) is 66.0 Å². The highest BCUT2D eigenvalue weighted by molar-refractivity contribution is 5.95. The molecule has 1 amide bonds. The van der Waals surface area contributed by atoms with E-state index in [4.69, 9.17) is 18.9 Å². The molecular formula is C26H33NO5. The summed E-state index contributed by atoms with van der Waals surface area (Å²) in [6, 6.07) is 11.5. The highest BCUT2D eigenvalue weighted by Crippen LogP contribution is 2.38.